The van der Waals surface area contributed by atoms with Crippen molar-refractivity contribution < 1.29 is 33.5 Å². The van der Waals surface area contributed by atoms with Crippen molar-refractivity contribution in [3.05, 3.63) is 0 Å². The number of hydrogen-bond donors (Lipinski definition) is 0. The Morgan fingerprint density at radius 2 is 1.33 bits per heavy atom. The van der Waals surface area contributed by atoms with E-state index in [2.05, 4.69) is 0 Å². The van der Waals surface area contributed by atoms with E-state index >= 15 is 0 Å². The minimum atomic E-state index is -3.63. The second-order valence-corrected chi connectivity index (χ2v) is 0.750. The van der Waals surface area contributed by atoms with E-state index in [1.807, 2.05) is 0 Å². The molecule has 0 heterocycles. The second kappa shape index (κ2) is 9.05. The monoisotopic (exact) mass is 149 g/mol. The molecule has 0 aromatic carbocycles. The Hall–Kier alpha value is 0.409. The molecule has 0 rings (SSSR count). The third-order valence-electron chi connectivity index (χ3n) is 0. The Morgan fingerprint density at radius 3 is 1.33 bits per heavy atom. The summed E-state index contributed by atoms with van der Waals surface area (Å²) >= 11 is 0. The van der Waals surface area contributed by atoms with Gasteiger partial charge in [0.25, 0.3) is 0 Å². The molecule has 3 nitrogen and oxygen atoms in total. The quantitative estimate of drug-likeness (QED) is 0.341. The molecule has 0 amide bonds. The molecule has 6 heavy (non-hydrogen) atoms. The molecule has 0 spiro atoms. The topological polar surface area (TPSA) is 63.2 Å². The average molecular weight is 150 g/mol. The van der Waals surface area contributed by atoms with Gasteiger partial charge in [-0.2, -0.15) is 0 Å². The molecule has 0 saturated heterocycles. The zero-order valence-electron chi connectivity index (χ0n) is 3.14. The van der Waals surface area contributed by atoms with Crippen molar-refractivity contribution >= 4 is 19.3 Å². The zero-order chi connectivity index (χ0) is 3.58. The average Bonchev–Trinajstić information content (AvgIpc) is 0.811. The Morgan fingerprint density at radius 1 is 1.33 bits per heavy atom. The second-order valence-electron chi connectivity index (χ2n) is 0.250. The van der Waals surface area contributed by atoms with Crippen LogP contribution in [0.25, 0.3) is 0 Å². The third kappa shape index (κ3) is 306. The fraction of sp³-hybridized carbons (Fsp3) is 0. The van der Waals surface area contributed by atoms with Crippen LogP contribution in [-0.4, -0.2) is 19.3 Å². The predicted octanol–water partition coefficient (Wildman–Crippen LogP) is -3.26. The van der Waals surface area contributed by atoms with Crippen LogP contribution in [0.3, 0.4) is 0 Å². The molecule has 0 unspecified atom stereocenters. The van der Waals surface area contributed by atoms with Crippen LogP contribution in [0, 0.1) is 0 Å². The summed E-state index contributed by atoms with van der Waals surface area (Å²) < 4.78 is 8.52. The summed E-state index contributed by atoms with van der Waals surface area (Å²) in [4.78, 5) is 17.0. The molecule has 0 aromatic rings. The first-order valence-corrected chi connectivity index (χ1v) is 1.84. The molecule has 0 bridgehead atoms. The maximum absolute atomic E-state index is 8.52. The first-order valence-electron chi connectivity index (χ1n) is 0.612. The predicted molar refractivity (Wildman–Crippen MR) is 12.2 cm³/mol. The molecule has 0 radical (unpaired) electrons. The van der Waals surface area contributed by atoms with Gasteiger partial charge in [-0.25, -0.2) is 0 Å². The fourth-order valence-electron chi connectivity index (χ4n) is 0. The summed E-state index contributed by atoms with van der Waals surface area (Å²) in [5, 5.41) is 0. The molecule has 0 atom stereocenters. The minimum Gasteiger partial charge on any atom is -0.672 e. The number of hydrogen-bond acceptors (Lipinski definition) is 3. The van der Waals surface area contributed by atoms with Crippen molar-refractivity contribution in [1.82, 2.24) is 0 Å². The van der Waals surface area contributed by atoms with Gasteiger partial charge >= 0.3 is 29.6 Å². The molecule has 0 aliphatic carbocycles. The van der Waals surface area contributed by atoms with Gasteiger partial charge in [-0.15, -0.1) is 0 Å². The van der Waals surface area contributed by atoms with Crippen LogP contribution in [0.5, 0.6) is 0 Å². The van der Waals surface area contributed by atoms with E-state index in [1.54, 1.807) is 0 Å². The molecule has 0 N–H and O–H groups in total. The largest absolute Gasteiger partial charge is 2.00 e. The summed E-state index contributed by atoms with van der Waals surface area (Å²) in [7, 11) is -3.63. The van der Waals surface area contributed by atoms with E-state index in [4.69, 9.17) is 14.1 Å². The first-order chi connectivity index (χ1) is 1.73. The van der Waals surface area contributed by atoms with Gasteiger partial charge in [-0.3, -0.25) is 0 Å². The Balaban J connectivity index is -0.0000000450. The minimum absolute atomic E-state index is 0. The van der Waals surface area contributed by atoms with E-state index in [0.717, 1.165) is 0 Å². The zero-order valence-corrected chi connectivity index (χ0v) is 7.11. The summed E-state index contributed by atoms with van der Waals surface area (Å²) in [5.41, 5.74) is 0. The SMILES string of the molecule is O=[Si]([O-])[O-].[Be+2].[Zn+2]. The van der Waals surface area contributed by atoms with E-state index in [0.29, 0.717) is 0 Å². The van der Waals surface area contributed by atoms with Crippen LogP contribution in [0.4, 0.5) is 0 Å². The van der Waals surface area contributed by atoms with Crippen LogP contribution >= 0.6 is 0 Å². The standard InChI is InChI=1S/Be.O3Si.Zn/c;1-4(2)3;/q+2;-2;+2. The maximum Gasteiger partial charge on any atom is 2.00 e. The molecule has 6 heteroatoms. The molecule has 0 aliphatic heterocycles. The van der Waals surface area contributed by atoms with Gasteiger partial charge in [-0.1, -0.05) is 0 Å². The van der Waals surface area contributed by atoms with Crippen molar-refractivity contribution in [2.75, 3.05) is 0 Å². The fourth-order valence-corrected chi connectivity index (χ4v) is 0. The van der Waals surface area contributed by atoms with Crippen LogP contribution in [0.15, 0.2) is 0 Å². The van der Waals surface area contributed by atoms with Gasteiger partial charge in [0, 0.05) is 9.17 Å². The van der Waals surface area contributed by atoms with Crippen molar-refractivity contribution in [3.8, 4) is 0 Å². The smallest absolute Gasteiger partial charge is 0.672 e. The summed E-state index contributed by atoms with van der Waals surface area (Å²) in [6.07, 6.45) is 0. The third-order valence-corrected chi connectivity index (χ3v) is 0. The van der Waals surface area contributed by atoms with Crippen LogP contribution in [-0.2, 0) is 23.9 Å². The van der Waals surface area contributed by atoms with Gasteiger partial charge in [0.15, 0.2) is 0 Å². The first kappa shape index (κ1) is 16.1. The van der Waals surface area contributed by atoms with E-state index in [9.17, 15) is 0 Å². The van der Waals surface area contributed by atoms with Crippen molar-refractivity contribution in [3.63, 3.8) is 0 Å². The normalized spacial score (nSPS) is 4.00. The Kier molecular flexibility index (Phi) is 24.3. The van der Waals surface area contributed by atoms with E-state index in [1.165, 1.54) is 0 Å². The molecule has 0 aromatic heterocycles. The van der Waals surface area contributed by atoms with Crippen molar-refractivity contribution in [1.29, 1.82) is 0 Å². The van der Waals surface area contributed by atoms with Crippen molar-refractivity contribution in [2.45, 2.75) is 0 Å². The molecule has 0 fully saturated rings. The van der Waals surface area contributed by atoms with Gasteiger partial charge < -0.3 is 14.1 Å². The summed E-state index contributed by atoms with van der Waals surface area (Å²) in [6.45, 7) is 0. The Bertz CT molecular complexity index is 33.8. The van der Waals surface area contributed by atoms with Crippen LogP contribution in [0.1, 0.15) is 0 Å². The van der Waals surface area contributed by atoms with Crippen LogP contribution < -0.4 is 9.59 Å². The van der Waals surface area contributed by atoms with Gasteiger partial charge in [0.1, 0.15) is 0 Å². The van der Waals surface area contributed by atoms with E-state index in [-0.39, 0.29) is 29.6 Å². The van der Waals surface area contributed by atoms with Crippen molar-refractivity contribution in [2.24, 2.45) is 0 Å². The molecular weight excluding hydrogens is 150 g/mol. The molecule has 0 saturated carbocycles. The summed E-state index contributed by atoms with van der Waals surface area (Å²) in [6, 6.07) is 0. The van der Waals surface area contributed by atoms with Gasteiger partial charge in [0.2, 0.25) is 0 Å². The molecule has 24 valence electrons. The molecular formula is BeO3SiZn+2. The number of rotatable bonds is 0. The van der Waals surface area contributed by atoms with Crippen LogP contribution in [0.2, 0.25) is 0 Å². The molecule has 0 aliphatic rings. The van der Waals surface area contributed by atoms with Gasteiger partial charge in [0.05, 0.1) is 0 Å². The van der Waals surface area contributed by atoms with Gasteiger partial charge in [-0.05, 0) is 0 Å². The maximum atomic E-state index is 8.52. The summed E-state index contributed by atoms with van der Waals surface area (Å²) in [5.74, 6) is 0. The van der Waals surface area contributed by atoms with E-state index < -0.39 is 9.17 Å². The Labute approximate surface area is 53.3 Å².